The Morgan fingerprint density at radius 2 is 2.50 bits per heavy atom. The SMILES string of the molecule is S=C1Cc2cncnc2N1. The van der Waals surface area contributed by atoms with Gasteiger partial charge in [0.15, 0.2) is 0 Å². The molecule has 0 aromatic carbocycles. The number of nitrogens with one attached hydrogen (secondary N) is 1. The van der Waals surface area contributed by atoms with Crippen LogP contribution in [-0.2, 0) is 6.42 Å². The van der Waals surface area contributed by atoms with Gasteiger partial charge in [-0.15, -0.1) is 0 Å². The first-order valence-corrected chi connectivity index (χ1v) is 3.36. The van der Waals surface area contributed by atoms with Gasteiger partial charge in [0.25, 0.3) is 0 Å². The molecule has 4 heteroatoms. The largest absolute Gasteiger partial charge is 0.334 e. The Balaban J connectivity index is 2.51. The molecular formula is C6H5N3S. The van der Waals surface area contributed by atoms with Gasteiger partial charge in [0.2, 0.25) is 0 Å². The highest BCUT2D eigenvalue weighted by molar-refractivity contribution is 7.80. The summed E-state index contributed by atoms with van der Waals surface area (Å²) in [5.74, 6) is 0.861. The molecule has 0 saturated heterocycles. The van der Waals surface area contributed by atoms with Gasteiger partial charge in [0, 0.05) is 18.2 Å². The van der Waals surface area contributed by atoms with Gasteiger partial charge >= 0.3 is 0 Å². The first-order valence-electron chi connectivity index (χ1n) is 2.95. The van der Waals surface area contributed by atoms with E-state index in [1.165, 1.54) is 6.33 Å². The number of hydrogen-bond acceptors (Lipinski definition) is 3. The number of hydrogen-bond donors (Lipinski definition) is 1. The summed E-state index contributed by atoms with van der Waals surface area (Å²) in [7, 11) is 0. The maximum atomic E-state index is 4.95. The molecule has 1 aromatic heterocycles. The van der Waals surface area contributed by atoms with E-state index in [1.54, 1.807) is 6.20 Å². The van der Waals surface area contributed by atoms with E-state index in [0.717, 1.165) is 22.8 Å². The van der Waals surface area contributed by atoms with Crippen LogP contribution in [0.4, 0.5) is 5.82 Å². The Hall–Kier alpha value is -1.03. The summed E-state index contributed by atoms with van der Waals surface area (Å²) in [6, 6.07) is 0. The van der Waals surface area contributed by atoms with E-state index in [0.29, 0.717) is 0 Å². The lowest BCUT2D eigenvalue weighted by Crippen LogP contribution is -2.01. The molecule has 0 fully saturated rings. The second-order valence-electron chi connectivity index (χ2n) is 2.12. The molecule has 2 heterocycles. The maximum Gasteiger partial charge on any atom is 0.137 e. The molecule has 0 radical (unpaired) electrons. The molecular weight excluding hydrogens is 146 g/mol. The Morgan fingerprint density at radius 3 is 3.30 bits per heavy atom. The topological polar surface area (TPSA) is 37.8 Å². The molecule has 0 bridgehead atoms. The molecule has 3 nitrogen and oxygen atoms in total. The zero-order chi connectivity index (χ0) is 6.97. The summed E-state index contributed by atoms with van der Waals surface area (Å²) in [6.07, 6.45) is 4.08. The van der Waals surface area contributed by atoms with Crippen molar-refractivity contribution in [3.8, 4) is 0 Å². The summed E-state index contributed by atoms with van der Waals surface area (Å²) in [6.45, 7) is 0. The van der Waals surface area contributed by atoms with Crippen LogP contribution in [0.2, 0.25) is 0 Å². The molecule has 0 atom stereocenters. The summed E-state index contributed by atoms with van der Waals surface area (Å²) < 4.78 is 0. The number of thiocarbonyl (C=S) groups is 1. The second kappa shape index (κ2) is 1.98. The lowest BCUT2D eigenvalue weighted by molar-refractivity contribution is 1.14. The van der Waals surface area contributed by atoms with Crippen LogP contribution < -0.4 is 5.32 Å². The Labute approximate surface area is 63.5 Å². The van der Waals surface area contributed by atoms with Crippen LogP contribution in [0.3, 0.4) is 0 Å². The lowest BCUT2D eigenvalue weighted by Gasteiger charge is -1.92. The maximum absolute atomic E-state index is 4.95. The van der Waals surface area contributed by atoms with E-state index in [4.69, 9.17) is 12.2 Å². The van der Waals surface area contributed by atoms with Crippen molar-refractivity contribution < 1.29 is 0 Å². The molecule has 2 rings (SSSR count). The van der Waals surface area contributed by atoms with Crippen molar-refractivity contribution in [2.75, 3.05) is 5.32 Å². The predicted molar refractivity (Wildman–Crippen MR) is 42.0 cm³/mol. The first kappa shape index (κ1) is 5.73. The summed E-state index contributed by atoms with van der Waals surface area (Å²) in [4.78, 5) is 8.71. The minimum atomic E-state index is 0.783. The van der Waals surface area contributed by atoms with Gasteiger partial charge in [-0.3, -0.25) is 0 Å². The minimum absolute atomic E-state index is 0.783. The third-order valence-corrected chi connectivity index (χ3v) is 1.64. The van der Waals surface area contributed by atoms with Crippen LogP contribution in [-0.4, -0.2) is 15.0 Å². The molecule has 1 aliphatic rings. The summed E-state index contributed by atoms with van der Waals surface area (Å²) in [5, 5.41) is 2.98. The van der Waals surface area contributed by atoms with Crippen LogP contribution in [0.25, 0.3) is 0 Å². The predicted octanol–water partition coefficient (Wildman–Crippen LogP) is 0.772. The second-order valence-corrected chi connectivity index (χ2v) is 2.61. The normalized spacial score (nSPS) is 14.6. The van der Waals surface area contributed by atoms with Crippen LogP contribution in [0, 0.1) is 0 Å². The molecule has 0 spiro atoms. The third kappa shape index (κ3) is 0.769. The van der Waals surface area contributed by atoms with Crippen LogP contribution in [0.1, 0.15) is 5.56 Å². The molecule has 10 heavy (non-hydrogen) atoms. The van der Waals surface area contributed by atoms with Gasteiger partial charge in [-0.05, 0) is 0 Å². The van der Waals surface area contributed by atoms with Crippen molar-refractivity contribution >= 4 is 23.0 Å². The van der Waals surface area contributed by atoms with Crippen LogP contribution in [0.15, 0.2) is 12.5 Å². The molecule has 0 unspecified atom stereocenters. The average molecular weight is 151 g/mol. The zero-order valence-corrected chi connectivity index (χ0v) is 5.98. The summed E-state index contributed by atoms with van der Waals surface area (Å²) in [5.41, 5.74) is 1.09. The van der Waals surface area contributed by atoms with E-state index in [2.05, 4.69) is 15.3 Å². The number of fused-ring (bicyclic) bond motifs is 1. The van der Waals surface area contributed by atoms with Crippen LogP contribution in [0.5, 0.6) is 0 Å². The van der Waals surface area contributed by atoms with E-state index >= 15 is 0 Å². The first-order chi connectivity index (χ1) is 4.86. The van der Waals surface area contributed by atoms with Crippen molar-refractivity contribution in [1.82, 2.24) is 9.97 Å². The fourth-order valence-electron chi connectivity index (χ4n) is 0.950. The van der Waals surface area contributed by atoms with Gasteiger partial charge in [-0.1, -0.05) is 12.2 Å². The highest BCUT2D eigenvalue weighted by atomic mass is 32.1. The fraction of sp³-hybridized carbons (Fsp3) is 0.167. The van der Waals surface area contributed by atoms with Gasteiger partial charge in [0.05, 0.1) is 4.99 Å². The van der Waals surface area contributed by atoms with E-state index < -0.39 is 0 Å². The van der Waals surface area contributed by atoms with Gasteiger partial charge in [-0.25, -0.2) is 9.97 Å². The highest BCUT2D eigenvalue weighted by Crippen LogP contribution is 2.17. The Kier molecular flexibility index (Phi) is 1.14. The van der Waals surface area contributed by atoms with E-state index in [-0.39, 0.29) is 0 Å². The van der Waals surface area contributed by atoms with E-state index in [1.807, 2.05) is 0 Å². The number of aromatic nitrogens is 2. The van der Waals surface area contributed by atoms with Gasteiger partial charge < -0.3 is 5.32 Å². The van der Waals surface area contributed by atoms with Crippen LogP contribution >= 0.6 is 12.2 Å². The standard InChI is InChI=1S/C6H5N3S/c10-5-1-4-2-7-3-8-6(4)9-5/h2-3H,1H2,(H,7,8,9,10). The molecule has 0 saturated carbocycles. The highest BCUT2D eigenvalue weighted by Gasteiger charge is 2.14. The molecule has 1 aromatic rings. The molecule has 0 amide bonds. The summed E-state index contributed by atoms with van der Waals surface area (Å²) >= 11 is 4.95. The van der Waals surface area contributed by atoms with Gasteiger partial charge in [-0.2, -0.15) is 0 Å². The number of nitrogens with zero attached hydrogens (tertiary/aromatic N) is 2. The number of rotatable bonds is 0. The van der Waals surface area contributed by atoms with Crippen molar-refractivity contribution in [3.63, 3.8) is 0 Å². The lowest BCUT2D eigenvalue weighted by atomic mass is 10.3. The molecule has 50 valence electrons. The Bertz CT molecular complexity index is 257. The average Bonchev–Trinajstić information content (AvgIpc) is 2.27. The minimum Gasteiger partial charge on any atom is -0.334 e. The zero-order valence-electron chi connectivity index (χ0n) is 5.16. The van der Waals surface area contributed by atoms with Crippen molar-refractivity contribution in [2.45, 2.75) is 6.42 Å². The molecule has 1 aliphatic heterocycles. The molecule has 1 N–H and O–H groups in total. The van der Waals surface area contributed by atoms with E-state index in [9.17, 15) is 0 Å². The van der Waals surface area contributed by atoms with Crippen molar-refractivity contribution in [2.24, 2.45) is 0 Å². The Morgan fingerprint density at radius 1 is 1.60 bits per heavy atom. The van der Waals surface area contributed by atoms with Crippen molar-refractivity contribution in [3.05, 3.63) is 18.1 Å². The molecule has 0 aliphatic carbocycles. The van der Waals surface area contributed by atoms with Gasteiger partial charge in [0.1, 0.15) is 12.1 Å². The monoisotopic (exact) mass is 151 g/mol. The quantitative estimate of drug-likeness (QED) is 0.556. The number of anilines is 1. The fourth-order valence-corrected chi connectivity index (χ4v) is 1.20. The third-order valence-electron chi connectivity index (χ3n) is 1.40. The smallest absolute Gasteiger partial charge is 0.137 e. The van der Waals surface area contributed by atoms with Crippen molar-refractivity contribution in [1.29, 1.82) is 0 Å².